The molecule has 0 aliphatic carbocycles. The number of benzene rings is 1. The van der Waals surface area contributed by atoms with Gasteiger partial charge in [0.1, 0.15) is 12.1 Å². The van der Waals surface area contributed by atoms with E-state index in [9.17, 15) is 28.8 Å². The number of para-hydroxylation sites is 1. The fourth-order valence-corrected chi connectivity index (χ4v) is 9.38. The average molecular weight is 974 g/mol. The van der Waals surface area contributed by atoms with Gasteiger partial charge in [-0.15, -0.1) is 0 Å². The molecule has 5 amide bonds. The van der Waals surface area contributed by atoms with Crippen LogP contribution in [0.15, 0.2) is 30.5 Å². The van der Waals surface area contributed by atoms with Crippen molar-refractivity contribution >= 4 is 46.4 Å². The number of aromatic amines is 1. The molecule has 2 aromatic rings. The minimum Gasteiger partial charge on any atom is -0.481 e. The van der Waals surface area contributed by atoms with Crippen molar-refractivity contribution < 1.29 is 57.6 Å². The zero-order chi connectivity index (χ0) is 51.4. The highest BCUT2D eigenvalue weighted by Crippen LogP contribution is 2.30. The van der Waals surface area contributed by atoms with Crippen LogP contribution in [0, 0.1) is 23.7 Å². The number of H-pyrrole nitrogens is 1. The number of aromatic nitrogens is 1. The summed E-state index contributed by atoms with van der Waals surface area (Å²) in [6.45, 7) is 16.1. The van der Waals surface area contributed by atoms with Crippen LogP contribution in [0.2, 0.25) is 0 Å². The third-order valence-electron chi connectivity index (χ3n) is 13.4. The number of methoxy groups -OCH3 is 2. The van der Waals surface area contributed by atoms with Crippen molar-refractivity contribution in [3.05, 3.63) is 36.0 Å². The molecule has 1 fully saturated rings. The lowest BCUT2D eigenvalue weighted by atomic mass is 9.89. The number of primary amides is 1. The van der Waals surface area contributed by atoms with Gasteiger partial charge in [0, 0.05) is 57.9 Å². The van der Waals surface area contributed by atoms with Crippen LogP contribution in [0.1, 0.15) is 86.1 Å². The number of hydrogen-bond donors (Lipinski definition) is 5. The quantitative estimate of drug-likeness (QED) is 0.0647. The van der Waals surface area contributed by atoms with E-state index in [2.05, 4.69) is 15.6 Å². The smallest absolute Gasteiger partial charge is 0.305 e. The predicted octanol–water partition coefficient (Wildman–Crippen LogP) is 3.22. The first-order valence-corrected chi connectivity index (χ1v) is 24.5. The number of fused-ring (bicyclic) bond motifs is 1. The summed E-state index contributed by atoms with van der Waals surface area (Å²) in [6, 6.07) is 4.31. The standard InChI is InChI=1S/C50H83N7O12/c1-12-33(6)45(56(9)50(64)43(31(2)3)54-49(63)44(32(4)5)55(8)21-23-68-25-27-69-26-24-67-22-19-42(59)60)40(65-10)29-41(58)57-20-15-18-39(57)46(66-11)34(7)48(62)53-38(47(51)61)28-35-30-52-37-17-14-13-16-36(35)37/h13-14,16-17,30-34,38-40,43-46,52H,12,15,18-29H2,1-11H3,(H2,51,61)(H,53,62)(H,54,63)(H,59,60)/t33?,34?,38?,39-,40?,43?,44?,45?,46?/m0/s1. The van der Waals surface area contributed by atoms with Crippen LogP contribution >= 0.6 is 0 Å². The first-order chi connectivity index (χ1) is 32.8. The molecule has 69 heavy (non-hydrogen) atoms. The van der Waals surface area contributed by atoms with E-state index in [-0.39, 0.29) is 61.3 Å². The Kier molecular flexibility index (Phi) is 25.1. The minimum atomic E-state index is -0.972. The van der Waals surface area contributed by atoms with E-state index in [1.165, 1.54) is 14.2 Å². The monoisotopic (exact) mass is 974 g/mol. The molecule has 0 spiro atoms. The van der Waals surface area contributed by atoms with Crippen LogP contribution < -0.4 is 16.4 Å². The Morgan fingerprint density at radius 3 is 2.09 bits per heavy atom. The highest BCUT2D eigenvalue weighted by molar-refractivity contribution is 5.91. The van der Waals surface area contributed by atoms with Crippen molar-refractivity contribution in [3.8, 4) is 0 Å². The van der Waals surface area contributed by atoms with Crippen molar-refractivity contribution in [2.75, 3.05) is 81.0 Å². The van der Waals surface area contributed by atoms with E-state index < -0.39 is 66.1 Å². The van der Waals surface area contributed by atoms with Gasteiger partial charge in [0.05, 0.1) is 88.7 Å². The molecule has 1 aromatic heterocycles. The molecule has 0 bridgehead atoms. The second-order valence-electron chi connectivity index (χ2n) is 19.0. The number of nitrogens with zero attached hydrogens (tertiary/aromatic N) is 3. The first-order valence-electron chi connectivity index (χ1n) is 24.5. The van der Waals surface area contributed by atoms with Gasteiger partial charge in [0.25, 0.3) is 0 Å². The number of amides is 5. The normalized spacial score (nSPS) is 17.6. The highest BCUT2D eigenvalue weighted by atomic mass is 16.5. The summed E-state index contributed by atoms with van der Waals surface area (Å²) in [4.78, 5) is 88.6. The summed E-state index contributed by atoms with van der Waals surface area (Å²) in [5, 5.41) is 15.5. The van der Waals surface area contributed by atoms with Crippen LogP contribution in [0.25, 0.3) is 10.9 Å². The lowest BCUT2D eigenvalue weighted by Crippen LogP contribution is -2.60. The summed E-state index contributed by atoms with van der Waals surface area (Å²) in [5.74, 6) is -3.98. The molecule has 6 N–H and O–H groups in total. The maximum Gasteiger partial charge on any atom is 0.305 e. The van der Waals surface area contributed by atoms with Gasteiger partial charge in [0.15, 0.2) is 0 Å². The van der Waals surface area contributed by atoms with Gasteiger partial charge in [-0.05, 0) is 49.3 Å². The Labute approximate surface area is 409 Å². The minimum absolute atomic E-state index is 0.0405. The number of carbonyl (C=O) groups excluding carboxylic acids is 5. The van der Waals surface area contributed by atoms with Crippen LogP contribution in [0.5, 0.6) is 0 Å². The van der Waals surface area contributed by atoms with Crippen molar-refractivity contribution in [2.45, 2.75) is 129 Å². The first kappa shape index (κ1) is 58.7. The van der Waals surface area contributed by atoms with E-state index in [0.29, 0.717) is 65.4 Å². The van der Waals surface area contributed by atoms with Crippen molar-refractivity contribution in [3.63, 3.8) is 0 Å². The third-order valence-corrected chi connectivity index (χ3v) is 13.4. The Bertz CT molecular complexity index is 1930. The maximum absolute atomic E-state index is 14.6. The number of ether oxygens (including phenoxy) is 5. The Balaban J connectivity index is 1.66. The van der Waals surface area contributed by atoms with Crippen molar-refractivity contribution in [2.24, 2.45) is 29.4 Å². The van der Waals surface area contributed by atoms with E-state index in [1.54, 1.807) is 23.8 Å². The summed E-state index contributed by atoms with van der Waals surface area (Å²) in [5.41, 5.74) is 7.55. The topological polar surface area (TPSA) is 244 Å². The van der Waals surface area contributed by atoms with E-state index in [1.807, 2.05) is 84.0 Å². The van der Waals surface area contributed by atoms with Crippen LogP contribution in [0.3, 0.4) is 0 Å². The fraction of sp³-hybridized carbons (Fsp3) is 0.720. The second kappa shape index (κ2) is 29.5. The Morgan fingerprint density at radius 1 is 0.870 bits per heavy atom. The van der Waals surface area contributed by atoms with E-state index >= 15 is 0 Å². The maximum atomic E-state index is 14.6. The molecule has 1 saturated heterocycles. The average Bonchev–Trinajstić information content (AvgIpc) is 3.96. The molecular weight excluding hydrogens is 891 g/mol. The number of carboxylic acid groups (broad SMARTS) is 1. The number of nitrogens with two attached hydrogens (primary N) is 1. The highest BCUT2D eigenvalue weighted by Gasteiger charge is 2.43. The molecule has 0 radical (unpaired) electrons. The number of aliphatic carboxylic acids is 1. The lowest BCUT2D eigenvalue weighted by Gasteiger charge is -2.41. The number of carbonyl (C=O) groups is 6. The van der Waals surface area contributed by atoms with Gasteiger partial charge in [-0.25, -0.2) is 0 Å². The van der Waals surface area contributed by atoms with Gasteiger partial charge in [-0.1, -0.05) is 73.1 Å². The molecule has 1 aliphatic rings. The fourth-order valence-electron chi connectivity index (χ4n) is 9.38. The van der Waals surface area contributed by atoms with Gasteiger partial charge in [0.2, 0.25) is 29.5 Å². The van der Waals surface area contributed by atoms with Crippen molar-refractivity contribution in [1.82, 2.24) is 30.3 Å². The molecular formula is C50H83N7O12. The van der Waals surface area contributed by atoms with Crippen LogP contribution in [0.4, 0.5) is 0 Å². The zero-order valence-corrected chi connectivity index (χ0v) is 43.0. The number of carboxylic acids is 1. The lowest BCUT2D eigenvalue weighted by molar-refractivity contribution is -0.148. The third kappa shape index (κ3) is 17.3. The molecule has 3 rings (SSSR count). The van der Waals surface area contributed by atoms with Crippen molar-refractivity contribution in [1.29, 1.82) is 0 Å². The zero-order valence-electron chi connectivity index (χ0n) is 43.0. The Hall–Kier alpha value is -4.66. The van der Waals surface area contributed by atoms with Crippen LogP contribution in [-0.4, -0.2) is 184 Å². The van der Waals surface area contributed by atoms with Gasteiger partial charge < -0.3 is 59.9 Å². The molecule has 1 aromatic carbocycles. The number of likely N-dealkylation sites (N-methyl/N-ethyl adjacent to an activating group) is 2. The van der Waals surface area contributed by atoms with E-state index in [0.717, 1.165) is 16.5 Å². The molecule has 390 valence electrons. The number of likely N-dealkylation sites (tertiary alicyclic amines) is 1. The SMILES string of the molecule is CCC(C)C(C(CC(=O)N1CCC[C@H]1C(OC)C(C)C(=O)NC(Cc1c[nH]c2ccccc12)C(N)=O)OC)N(C)C(=O)C(NC(=O)C(C(C)C)N(C)CCOCCOCCOCCC(=O)O)C(C)C. The van der Waals surface area contributed by atoms with Crippen LogP contribution in [-0.2, 0) is 58.9 Å². The second-order valence-corrected chi connectivity index (χ2v) is 19.0. The van der Waals surface area contributed by atoms with Gasteiger partial charge in [-0.3, -0.25) is 33.7 Å². The molecule has 19 nitrogen and oxygen atoms in total. The van der Waals surface area contributed by atoms with E-state index in [4.69, 9.17) is 34.5 Å². The molecule has 2 heterocycles. The van der Waals surface area contributed by atoms with Gasteiger partial charge >= 0.3 is 5.97 Å². The summed E-state index contributed by atoms with van der Waals surface area (Å²) in [7, 11) is 6.60. The summed E-state index contributed by atoms with van der Waals surface area (Å²) >= 11 is 0. The molecule has 19 heteroatoms. The molecule has 8 unspecified atom stereocenters. The Morgan fingerprint density at radius 2 is 1.51 bits per heavy atom. The summed E-state index contributed by atoms with van der Waals surface area (Å²) in [6.07, 6.45) is 2.49. The predicted molar refractivity (Wildman–Crippen MR) is 262 cm³/mol. The number of hydrogen-bond acceptors (Lipinski definition) is 12. The molecule has 1 aliphatic heterocycles. The largest absolute Gasteiger partial charge is 0.481 e. The summed E-state index contributed by atoms with van der Waals surface area (Å²) < 4.78 is 28.5. The number of nitrogens with one attached hydrogen (secondary N) is 3. The molecule has 0 saturated carbocycles. The molecule has 9 atom stereocenters. The van der Waals surface area contributed by atoms with Gasteiger partial charge in [-0.2, -0.15) is 0 Å². The number of rotatable bonds is 33.